The maximum absolute atomic E-state index is 12.1. The molecule has 0 atom stereocenters. The highest BCUT2D eigenvalue weighted by Gasteiger charge is 2.21. The molecule has 5 nitrogen and oxygen atoms in total. The van der Waals surface area contributed by atoms with E-state index in [1.54, 1.807) is 6.07 Å². The zero-order valence-corrected chi connectivity index (χ0v) is 13.3. The molecule has 1 aliphatic rings. The van der Waals surface area contributed by atoms with E-state index in [2.05, 4.69) is 15.6 Å². The van der Waals surface area contributed by atoms with Gasteiger partial charge < -0.3 is 10.6 Å². The highest BCUT2D eigenvalue weighted by molar-refractivity contribution is 7.17. The molecule has 7 heteroatoms. The Kier molecular flexibility index (Phi) is 4.40. The number of amides is 2. The lowest BCUT2D eigenvalue weighted by molar-refractivity contribution is -0.115. The summed E-state index contributed by atoms with van der Waals surface area (Å²) in [5.74, 6) is -0.311. The van der Waals surface area contributed by atoms with Gasteiger partial charge in [0.05, 0.1) is 12.1 Å². The minimum absolute atomic E-state index is 0.114. The minimum atomic E-state index is -0.197. The van der Waals surface area contributed by atoms with Crippen LogP contribution in [0.1, 0.15) is 27.3 Å². The van der Waals surface area contributed by atoms with Gasteiger partial charge in [0.25, 0.3) is 5.91 Å². The molecule has 2 heterocycles. The maximum Gasteiger partial charge on any atom is 0.263 e. The fourth-order valence-electron chi connectivity index (χ4n) is 2.27. The van der Waals surface area contributed by atoms with Crippen molar-refractivity contribution in [2.75, 3.05) is 11.9 Å². The molecule has 0 aliphatic carbocycles. The first-order valence-electron chi connectivity index (χ1n) is 6.94. The van der Waals surface area contributed by atoms with Gasteiger partial charge in [-0.05, 0) is 24.5 Å². The van der Waals surface area contributed by atoms with Gasteiger partial charge in [-0.2, -0.15) is 0 Å². The second-order valence-electron chi connectivity index (χ2n) is 4.97. The van der Waals surface area contributed by atoms with Gasteiger partial charge in [0, 0.05) is 11.6 Å². The fraction of sp³-hybridized carbons (Fsp3) is 0.267. The summed E-state index contributed by atoms with van der Waals surface area (Å²) in [5.41, 5.74) is 1.52. The average molecular weight is 336 g/mol. The van der Waals surface area contributed by atoms with Crippen LogP contribution in [0.3, 0.4) is 0 Å². The van der Waals surface area contributed by atoms with Crippen LogP contribution in [0.15, 0.2) is 24.3 Å². The van der Waals surface area contributed by atoms with Crippen LogP contribution in [0, 0.1) is 0 Å². The molecule has 1 aromatic heterocycles. The Morgan fingerprint density at radius 3 is 3.05 bits per heavy atom. The molecule has 0 spiro atoms. The molecule has 0 saturated carbocycles. The summed E-state index contributed by atoms with van der Waals surface area (Å²) in [6.45, 7) is 0.663. The number of halogens is 1. The Morgan fingerprint density at radius 2 is 2.23 bits per heavy atom. The number of hydrogen-bond acceptors (Lipinski definition) is 4. The van der Waals surface area contributed by atoms with E-state index < -0.39 is 0 Å². The highest BCUT2D eigenvalue weighted by Crippen LogP contribution is 2.26. The molecule has 0 saturated heterocycles. The quantitative estimate of drug-likeness (QED) is 0.905. The van der Waals surface area contributed by atoms with Crippen LogP contribution < -0.4 is 10.6 Å². The number of thiazole rings is 1. The molecule has 2 N–H and O–H groups in total. The van der Waals surface area contributed by atoms with Crippen LogP contribution >= 0.6 is 22.9 Å². The van der Waals surface area contributed by atoms with Gasteiger partial charge in [-0.15, -0.1) is 0 Å². The molecule has 2 amide bonds. The fourth-order valence-corrected chi connectivity index (χ4v) is 3.42. The van der Waals surface area contributed by atoms with Crippen LogP contribution in [-0.4, -0.2) is 23.3 Å². The van der Waals surface area contributed by atoms with Crippen molar-refractivity contribution >= 4 is 39.9 Å². The predicted octanol–water partition coefficient (Wildman–Crippen LogP) is 2.65. The summed E-state index contributed by atoms with van der Waals surface area (Å²) in [4.78, 5) is 28.9. The van der Waals surface area contributed by atoms with Crippen molar-refractivity contribution < 1.29 is 9.59 Å². The first kappa shape index (κ1) is 15.0. The van der Waals surface area contributed by atoms with Crippen molar-refractivity contribution in [2.24, 2.45) is 0 Å². The SMILES string of the molecule is O=C(Cc1ccccc1Cl)Nc1nc2c(s1)C(=O)NCCC2. The summed E-state index contributed by atoms with van der Waals surface area (Å²) in [6, 6.07) is 7.22. The normalized spacial score (nSPS) is 14.0. The van der Waals surface area contributed by atoms with Gasteiger partial charge in [0.15, 0.2) is 5.13 Å². The van der Waals surface area contributed by atoms with Crippen LogP contribution in [0.25, 0.3) is 0 Å². The van der Waals surface area contributed by atoms with Crippen molar-refractivity contribution in [3.8, 4) is 0 Å². The molecule has 3 rings (SSSR count). The van der Waals surface area contributed by atoms with E-state index in [1.807, 2.05) is 18.2 Å². The zero-order valence-electron chi connectivity index (χ0n) is 11.7. The van der Waals surface area contributed by atoms with E-state index >= 15 is 0 Å². The molecule has 22 heavy (non-hydrogen) atoms. The number of carbonyl (C=O) groups is 2. The molecule has 0 bridgehead atoms. The van der Waals surface area contributed by atoms with Gasteiger partial charge in [-0.3, -0.25) is 9.59 Å². The number of carbonyl (C=O) groups excluding carboxylic acids is 2. The summed E-state index contributed by atoms with van der Waals surface area (Å²) >= 11 is 7.26. The minimum Gasteiger partial charge on any atom is -0.351 e. The van der Waals surface area contributed by atoms with E-state index in [1.165, 1.54) is 11.3 Å². The number of fused-ring (bicyclic) bond motifs is 1. The third-order valence-electron chi connectivity index (χ3n) is 3.33. The van der Waals surface area contributed by atoms with Crippen LogP contribution in [0.2, 0.25) is 5.02 Å². The Balaban J connectivity index is 1.71. The smallest absolute Gasteiger partial charge is 0.263 e. The lowest BCUT2D eigenvalue weighted by Gasteiger charge is -2.04. The van der Waals surface area contributed by atoms with Gasteiger partial charge in [0.2, 0.25) is 5.91 Å². The molecule has 0 fully saturated rings. The molecule has 0 radical (unpaired) electrons. The number of aromatic nitrogens is 1. The number of rotatable bonds is 3. The topological polar surface area (TPSA) is 71.1 Å². The van der Waals surface area contributed by atoms with Crippen LogP contribution in [0.5, 0.6) is 0 Å². The number of nitrogens with zero attached hydrogens (tertiary/aromatic N) is 1. The largest absolute Gasteiger partial charge is 0.351 e. The second-order valence-corrected chi connectivity index (χ2v) is 6.38. The van der Waals surface area contributed by atoms with Gasteiger partial charge in [-0.1, -0.05) is 41.1 Å². The first-order valence-corrected chi connectivity index (χ1v) is 8.14. The van der Waals surface area contributed by atoms with Gasteiger partial charge in [0.1, 0.15) is 4.88 Å². The lowest BCUT2D eigenvalue weighted by Crippen LogP contribution is -2.21. The van der Waals surface area contributed by atoms with Crippen molar-refractivity contribution in [1.82, 2.24) is 10.3 Å². The van der Waals surface area contributed by atoms with Crippen molar-refractivity contribution in [1.29, 1.82) is 0 Å². The molecular formula is C15H14ClN3O2S. The van der Waals surface area contributed by atoms with E-state index in [-0.39, 0.29) is 18.2 Å². The number of benzene rings is 1. The molecular weight excluding hydrogens is 322 g/mol. The summed E-state index contributed by atoms with van der Waals surface area (Å²) in [6.07, 6.45) is 1.77. The molecule has 1 aromatic carbocycles. The third kappa shape index (κ3) is 3.28. The van der Waals surface area contributed by atoms with Crippen molar-refractivity contribution in [3.05, 3.63) is 45.4 Å². The predicted molar refractivity (Wildman–Crippen MR) is 86.6 cm³/mol. The molecule has 114 valence electrons. The first-order chi connectivity index (χ1) is 10.6. The molecule has 2 aromatic rings. The summed E-state index contributed by atoms with van der Waals surface area (Å²) < 4.78 is 0. The number of anilines is 1. The van der Waals surface area contributed by atoms with E-state index in [0.29, 0.717) is 21.6 Å². The lowest BCUT2D eigenvalue weighted by atomic mass is 10.1. The summed E-state index contributed by atoms with van der Waals surface area (Å²) in [5, 5.41) is 6.58. The van der Waals surface area contributed by atoms with Crippen molar-refractivity contribution in [2.45, 2.75) is 19.3 Å². The number of hydrogen-bond donors (Lipinski definition) is 2. The zero-order chi connectivity index (χ0) is 15.5. The van der Waals surface area contributed by atoms with E-state index in [9.17, 15) is 9.59 Å². The molecule has 0 unspecified atom stereocenters. The number of nitrogens with one attached hydrogen (secondary N) is 2. The average Bonchev–Trinajstić information content (AvgIpc) is 2.81. The Bertz CT molecular complexity index is 729. The Hall–Kier alpha value is -1.92. The third-order valence-corrected chi connectivity index (χ3v) is 4.72. The Morgan fingerprint density at radius 1 is 1.41 bits per heavy atom. The van der Waals surface area contributed by atoms with Gasteiger partial charge in [-0.25, -0.2) is 4.98 Å². The molecule has 1 aliphatic heterocycles. The maximum atomic E-state index is 12.1. The standard InChI is InChI=1S/C15H14ClN3O2S/c16-10-5-2-1-4-9(10)8-12(20)19-15-18-11-6-3-7-17-14(21)13(11)22-15/h1-2,4-5H,3,6-8H2,(H,17,21)(H,18,19,20). The van der Waals surface area contributed by atoms with Gasteiger partial charge >= 0.3 is 0 Å². The Labute approximate surface area is 136 Å². The van der Waals surface area contributed by atoms with E-state index in [4.69, 9.17) is 11.6 Å². The highest BCUT2D eigenvalue weighted by atomic mass is 35.5. The van der Waals surface area contributed by atoms with Crippen molar-refractivity contribution in [3.63, 3.8) is 0 Å². The number of aryl methyl sites for hydroxylation is 1. The van der Waals surface area contributed by atoms with Crippen LogP contribution in [-0.2, 0) is 17.6 Å². The van der Waals surface area contributed by atoms with E-state index in [0.717, 1.165) is 24.1 Å². The summed E-state index contributed by atoms with van der Waals surface area (Å²) in [7, 11) is 0. The monoisotopic (exact) mass is 335 g/mol. The van der Waals surface area contributed by atoms with Crippen LogP contribution in [0.4, 0.5) is 5.13 Å². The second kappa shape index (κ2) is 6.46.